The van der Waals surface area contributed by atoms with Crippen LogP contribution in [0.5, 0.6) is 5.75 Å². The van der Waals surface area contributed by atoms with E-state index < -0.39 is 6.36 Å². The molecular weight excluding hydrogens is 429 g/mol. The summed E-state index contributed by atoms with van der Waals surface area (Å²) in [5.74, 6) is 3.63. The zero-order chi connectivity index (χ0) is 23.7. The van der Waals surface area contributed by atoms with E-state index in [-0.39, 0.29) is 18.0 Å². The summed E-state index contributed by atoms with van der Waals surface area (Å²) in [6.07, 6.45) is 11.3. The van der Waals surface area contributed by atoms with E-state index >= 15 is 0 Å². The van der Waals surface area contributed by atoms with E-state index in [1.165, 1.54) is 44.2 Å². The lowest BCUT2D eigenvalue weighted by Gasteiger charge is -2.37. The second-order valence-electron chi connectivity index (χ2n) is 9.00. The third-order valence-corrected chi connectivity index (χ3v) is 6.59. The Bertz CT molecular complexity index is 831. The molecule has 2 aliphatic rings. The molecule has 0 atom stereocenters. The summed E-state index contributed by atoms with van der Waals surface area (Å²) >= 11 is 0. The van der Waals surface area contributed by atoms with Gasteiger partial charge in [0.15, 0.2) is 0 Å². The van der Waals surface area contributed by atoms with Crippen LogP contribution in [0.2, 0.25) is 0 Å². The van der Waals surface area contributed by atoms with Crippen LogP contribution < -0.4 is 9.64 Å². The molecular formula is C26H33F3N2O2. The van der Waals surface area contributed by atoms with Gasteiger partial charge >= 0.3 is 6.36 Å². The fraction of sp³-hybridized carbons (Fsp3) is 0.577. The lowest BCUT2D eigenvalue weighted by Crippen LogP contribution is -2.47. The van der Waals surface area contributed by atoms with Crippen molar-refractivity contribution in [3.05, 3.63) is 36.4 Å². The monoisotopic (exact) mass is 462 g/mol. The highest BCUT2D eigenvalue weighted by Crippen LogP contribution is 2.32. The molecule has 7 heteroatoms. The first-order valence-corrected chi connectivity index (χ1v) is 11.8. The van der Waals surface area contributed by atoms with Crippen molar-refractivity contribution in [2.24, 2.45) is 11.8 Å². The highest BCUT2D eigenvalue weighted by Gasteiger charge is 2.31. The van der Waals surface area contributed by atoms with E-state index in [4.69, 9.17) is 6.42 Å². The molecule has 4 nitrogen and oxygen atoms in total. The van der Waals surface area contributed by atoms with E-state index in [1.807, 2.05) is 12.1 Å². The predicted molar refractivity (Wildman–Crippen MR) is 124 cm³/mol. The van der Waals surface area contributed by atoms with Gasteiger partial charge in [-0.05, 0) is 62.6 Å². The van der Waals surface area contributed by atoms with Gasteiger partial charge in [-0.25, -0.2) is 0 Å². The maximum atomic E-state index is 12.5. The van der Waals surface area contributed by atoms with Gasteiger partial charge in [0.2, 0.25) is 0 Å². The number of terminal acetylenes is 1. The largest absolute Gasteiger partial charge is 0.573 e. The standard InChI is InChI=1S/C26H33F3N2O2/c1-2-5-24(32)8-3-6-21-10-12-22(13-11-21)14-15-30-16-18-31(19-17-30)23-7-4-9-25(20-23)33-26(27,28)29/h1,3-4,6-7,9,20-22H,5,8,10-19H2/b6-3+. The zero-order valence-electron chi connectivity index (χ0n) is 19.0. The van der Waals surface area contributed by atoms with Gasteiger partial charge in [-0.15, -0.1) is 19.6 Å². The Morgan fingerprint density at radius 2 is 1.88 bits per heavy atom. The normalized spacial score (nSPS) is 22.3. The van der Waals surface area contributed by atoms with Gasteiger partial charge in [0.1, 0.15) is 11.5 Å². The smallest absolute Gasteiger partial charge is 0.406 e. The molecule has 0 spiro atoms. The Morgan fingerprint density at radius 3 is 2.55 bits per heavy atom. The van der Waals surface area contributed by atoms with Crippen molar-refractivity contribution >= 4 is 11.5 Å². The number of carbonyl (C=O) groups is 1. The van der Waals surface area contributed by atoms with Crippen molar-refractivity contribution < 1.29 is 22.7 Å². The number of benzene rings is 1. The number of hydrogen-bond donors (Lipinski definition) is 0. The quantitative estimate of drug-likeness (QED) is 0.361. The minimum atomic E-state index is -4.67. The van der Waals surface area contributed by atoms with E-state index in [0.29, 0.717) is 12.3 Å². The summed E-state index contributed by atoms with van der Waals surface area (Å²) in [4.78, 5) is 16.1. The fourth-order valence-electron chi connectivity index (χ4n) is 4.72. The number of anilines is 1. The van der Waals surface area contributed by atoms with Crippen LogP contribution in [0.4, 0.5) is 18.9 Å². The van der Waals surface area contributed by atoms with Crippen LogP contribution in [0.15, 0.2) is 36.4 Å². The van der Waals surface area contributed by atoms with Gasteiger partial charge < -0.3 is 9.64 Å². The topological polar surface area (TPSA) is 32.8 Å². The number of halogens is 3. The molecule has 1 saturated carbocycles. The van der Waals surface area contributed by atoms with Gasteiger partial charge in [-0.1, -0.05) is 24.1 Å². The number of piperazine rings is 1. The van der Waals surface area contributed by atoms with Crippen LogP contribution >= 0.6 is 0 Å². The number of ketones is 1. The minimum Gasteiger partial charge on any atom is -0.406 e. The Hall–Kier alpha value is -2.46. The second kappa shape index (κ2) is 12.1. The van der Waals surface area contributed by atoms with Crippen molar-refractivity contribution in [1.82, 2.24) is 4.90 Å². The molecule has 0 unspecified atom stereocenters. The van der Waals surface area contributed by atoms with Crippen molar-refractivity contribution in [3.63, 3.8) is 0 Å². The van der Waals surface area contributed by atoms with Gasteiger partial charge in [0.05, 0.1) is 6.42 Å². The van der Waals surface area contributed by atoms with Crippen molar-refractivity contribution in [1.29, 1.82) is 0 Å². The molecule has 33 heavy (non-hydrogen) atoms. The van der Waals surface area contributed by atoms with Crippen molar-refractivity contribution in [3.8, 4) is 18.1 Å². The van der Waals surface area contributed by atoms with Gasteiger partial charge in [-0.3, -0.25) is 9.69 Å². The molecule has 180 valence electrons. The first-order valence-electron chi connectivity index (χ1n) is 11.8. The summed E-state index contributed by atoms with van der Waals surface area (Å²) in [5, 5.41) is 0. The maximum Gasteiger partial charge on any atom is 0.573 e. The van der Waals surface area contributed by atoms with Gasteiger partial charge in [-0.2, -0.15) is 0 Å². The zero-order valence-corrected chi connectivity index (χ0v) is 19.0. The number of allylic oxidation sites excluding steroid dienone is 2. The number of hydrogen-bond acceptors (Lipinski definition) is 4. The van der Waals surface area contributed by atoms with E-state index in [0.717, 1.165) is 44.3 Å². The molecule has 3 rings (SSSR count). The molecule has 1 aromatic rings. The molecule has 1 aliphatic carbocycles. The van der Waals surface area contributed by atoms with Gasteiger partial charge in [0.25, 0.3) is 0 Å². The lowest BCUT2D eigenvalue weighted by atomic mass is 9.80. The highest BCUT2D eigenvalue weighted by atomic mass is 19.4. The second-order valence-corrected chi connectivity index (χ2v) is 9.00. The predicted octanol–water partition coefficient (Wildman–Crippen LogP) is 5.44. The third-order valence-electron chi connectivity index (χ3n) is 6.59. The Kier molecular flexibility index (Phi) is 9.25. The van der Waals surface area contributed by atoms with Crippen LogP contribution in [0, 0.1) is 24.2 Å². The summed E-state index contributed by atoms with van der Waals surface area (Å²) in [7, 11) is 0. The molecule has 0 aromatic heterocycles. The van der Waals surface area contributed by atoms with Crippen molar-refractivity contribution in [2.45, 2.75) is 51.3 Å². The highest BCUT2D eigenvalue weighted by molar-refractivity contribution is 5.81. The molecule has 1 heterocycles. The fourth-order valence-corrected chi connectivity index (χ4v) is 4.72. The van der Waals surface area contributed by atoms with E-state index in [1.54, 1.807) is 6.07 Å². The first kappa shape index (κ1) is 25.2. The molecule has 0 N–H and O–H groups in total. The third kappa shape index (κ3) is 8.77. The van der Waals surface area contributed by atoms with E-state index in [9.17, 15) is 18.0 Å². The number of rotatable bonds is 9. The molecule has 1 aliphatic heterocycles. The summed E-state index contributed by atoms with van der Waals surface area (Å²) in [6, 6.07) is 6.22. The first-order chi connectivity index (χ1) is 15.8. The summed E-state index contributed by atoms with van der Waals surface area (Å²) in [6.45, 7) is 4.48. The Balaban J connectivity index is 1.34. The average molecular weight is 463 g/mol. The van der Waals surface area contributed by atoms with Crippen molar-refractivity contribution in [2.75, 3.05) is 37.6 Å². The molecule has 1 aromatic carbocycles. The Morgan fingerprint density at radius 1 is 1.15 bits per heavy atom. The SMILES string of the molecule is C#CCC(=O)C/C=C/C1CCC(CCN2CCN(c3cccc(OC(F)(F)F)c3)CC2)CC1. The number of Topliss-reactive ketones (excluding diaryl/α,β-unsaturated/α-hetero) is 1. The molecule has 1 saturated heterocycles. The van der Waals surface area contributed by atoms with Crippen LogP contribution in [0.3, 0.4) is 0 Å². The van der Waals surface area contributed by atoms with Crippen LogP contribution in [0.1, 0.15) is 44.9 Å². The van der Waals surface area contributed by atoms with Crippen LogP contribution in [0.25, 0.3) is 0 Å². The molecule has 0 amide bonds. The average Bonchev–Trinajstić information content (AvgIpc) is 2.78. The lowest BCUT2D eigenvalue weighted by molar-refractivity contribution is -0.274. The molecule has 2 fully saturated rings. The summed E-state index contributed by atoms with van der Waals surface area (Å²) < 4.78 is 41.5. The van der Waals surface area contributed by atoms with Gasteiger partial charge in [0, 0.05) is 44.4 Å². The van der Waals surface area contributed by atoms with Crippen LogP contribution in [-0.2, 0) is 4.79 Å². The maximum absolute atomic E-state index is 12.5. The summed E-state index contributed by atoms with van der Waals surface area (Å²) in [5.41, 5.74) is 0.767. The number of alkyl halides is 3. The number of ether oxygens (including phenoxy) is 1. The Labute approximate surface area is 194 Å². The number of nitrogens with zero attached hydrogens (tertiary/aromatic N) is 2. The van der Waals surface area contributed by atoms with Crippen LogP contribution in [-0.4, -0.2) is 49.8 Å². The van der Waals surface area contributed by atoms with E-state index in [2.05, 4.69) is 26.5 Å². The molecule has 0 bridgehead atoms. The molecule has 0 radical (unpaired) electrons. The number of carbonyl (C=O) groups excluding carboxylic acids is 1. The minimum absolute atomic E-state index is 0.102.